The molecule has 0 heterocycles. The van der Waals surface area contributed by atoms with Crippen LogP contribution in [0.2, 0.25) is 0 Å². The van der Waals surface area contributed by atoms with E-state index in [1.54, 1.807) is 12.1 Å². The maximum absolute atomic E-state index is 13.3. The lowest BCUT2D eigenvalue weighted by Gasteiger charge is -2.13. The molecule has 1 atom stereocenters. The lowest BCUT2D eigenvalue weighted by atomic mass is 9.98. The van der Waals surface area contributed by atoms with Crippen LogP contribution >= 0.6 is 15.9 Å². The molecule has 0 fully saturated rings. The van der Waals surface area contributed by atoms with E-state index in [2.05, 4.69) is 15.9 Å². The van der Waals surface area contributed by atoms with Gasteiger partial charge in [-0.3, -0.25) is 0 Å². The highest BCUT2D eigenvalue weighted by atomic mass is 79.9. The molecule has 1 nitrogen and oxygen atoms in total. The van der Waals surface area contributed by atoms with Gasteiger partial charge in [0.1, 0.15) is 11.6 Å². The summed E-state index contributed by atoms with van der Waals surface area (Å²) < 4.78 is 27.0. The summed E-state index contributed by atoms with van der Waals surface area (Å²) in [5, 5.41) is 10.1. The molecule has 0 aliphatic heterocycles. The fourth-order valence-corrected chi connectivity index (χ4v) is 2.44. The molecule has 0 aromatic heterocycles. The first kappa shape index (κ1) is 14.2. The lowest BCUT2D eigenvalue weighted by molar-refractivity contribution is 0.177. The Kier molecular flexibility index (Phi) is 4.32. The summed E-state index contributed by atoms with van der Waals surface area (Å²) in [7, 11) is 0. The van der Waals surface area contributed by atoms with Crippen molar-refractivity contribution >= 4 is 15.9 Å². The van der Waals surface area contributed by atoms with Crippen LogP contribution in [-0.4, -0.2) is 5.11 Å². The smallest absolute Gasteiger partial charge is 0.124 e. The minimum absolute atomic E-state index is 0.249. The zero-order chi connectivity index (χ0) is 14.0. The van der Waals surface area contributed by atoms with E-state index in [4.69, 9.17) is 0 Å². The fraction of sp³-hybridized carbons (Fsp3) is 0.200. The maximum atomic E-state index is 13.3. The Morgan fingerprint density at radius 2 is 1.84 bits per heavy atom. The van der Waals surface area contributed by atoms with Gasteiger partial charge in [0.25, 0.3) is 0 Å². The van der Waals surface area contributed by atoms with Gasteiger partial charge in [0.2, 0.25) is 0 Å². The predicted molar refractivity (Wildman–Crippen MR) is 73.9 cm³/mol. The second-order valence-corrected chi connectivity index (χ2v) is 5.41. The monoisotopic (exact) mass is 326 g/mol. The Morgan fingerprint density at radius 3 is 2.53 bits per heavy atom. The van der Waals surface area contributed by atoms with Crippen LogP contribution in [0.4, 0.5) is 8.78 Å². The standard InChI is InChI=1S/C15H13BrF2O/c1-9-2-3-13(17)5-10(9)7-15(19)11-4-12(16)8-14(18)6-11/h2-6,8,15,19H,7H2,1H3. The molecule has 2 aromatic carbocycles. The molecule has 0 spiro atoms. The second kappa shape index (κ2) is 5.80. The maximum Gasteiger partial charge on any atom is 0.124 e. The predicted octanol–water partition coefficient (Wildman–Crippen LogP) is 4.31. The first-order valence-corrected chi connectivity index (χ1v) is 6.64. The zero-order valence-electron chi connectivity index (χ0n) is 10.3. The van der Waals surface area contributed by atoms with Crippen LogP contribution in [0.1, 0.15) is 22.8 Å². The molecule has 0 saturated carbocycles. The van der Waals surface area contributed by atoms with Crippen molar-refractivity contribution < 1.29 is 13.9 Å². The number of aryl methyl sites for hydroxylation is 1. The third-order valence-corrected chi connectivity index (χ3v) is 3.45. The van der Waals surface area contributed by atoms with Gasteiger partial charge in [0.05, 0.1) is 6.10 Å². The minimum atomic E-state index is -0.868. The summed E-state index contributed by atoms with van der Waals surface area (Å²) in [6, 6.07) is 8.70. The molecule has 0 aliphatic rings. The highest BCUT2D eigenvalue weighted by molar-refractivity contribution is 9.10. The van der Waals surface area contributed by atoms with Gasteiger partial charge in [0.15, 0.2) is 0 Å². The topological polar surface area (TPSA) is 20.2 Å². The van der Waals surface area contributed by atoms with Gasteiger partial charge in [-0.25, -0.2) is 8.78 Å². The molecule has 4 heteroatoms. The van der Waals surface area contributed by atoms with E-state index in [1.165, 1.54) is 24.3 Å². The van der Waals surface area contributed by atoms with E-state index in [1.807, 2.05) is 6.92 Å². The number of aliphatic hydroxyl groups is 1. The molecular formula is C15H13BrF2O. The molecule has 19 heavy (non-hydrogen) atoms. The number of rotatable bonds is 3. The third kappa shape index (κ3) is 3.61. The molecule has 1 N–H and O–H groups in total. The van der Waals surface area contributed by atoms with E-state index in [-0.39, 0.29) is 12.2 Å². The van der Waals surface area contributed by atoms with Crippen LogP contribution in [0.5, 0.6) is 0 Å². The highest BCUT2D eigenvalue weighted by Crippen LogP contribution is 2.24. The van der Waals surface area contributed by atoms with Crippen molar-refractivity contribution in [3.8, 4) is 0 Å². The highest BCUT2D eigenvalue weighted by Gasteiger charge is 2.12. The summed E-state index contributed by atoms with van der Waals surface area (Å²) in [5.74, 6) is -0.757. The number of benzene rings is 2. The van der Waals surface area contributed by atoms with E-state index in [9.17, 15) is 13.9 Å². The van der Waals surface area contributed by atoms with Crippen LogP contribution < -0.4 is 0 Å². The van der Waals surface area contributed by atoms with Crippen molar-refractivity contribution in [3.63, 3.8) is 0 Å². The van der Waals surface area contributed by atoms with Crippen molar-refractivity contribution in [2.45, 2.75) is 19.4 Å². The number of hydrogen-bond donors (Lipinski definition) is 1. The van der Waals surface area contributed by atoms with Gasteiger partial charge >= 0.3 is 0 Å². The molecule has 1 unspecified atom stereocenters. The molecule has 2 rings (SSSR count). The molecule has 0 radical (unpaired) electrons. The average Bonchev–Trinajstić information content (AvgIpc) is 2.32. The minimum Gasteiger partial charge on any atom is -0.388 e. The van der Waals surface area contributed by atoms with Gasteiger partial charge in [-0.1, -0.05) is 22.0 Å². The first-order chi connectivity index (χ1) is 8.95. The fourth-order valence-electron chi connectivity index (χ4n) is 1.95. The van der Waals surface area contributed by atoms with E-state index in [0.717, 1.165) is 5.56 Å². The van der Waals surface area contributed by atoms with Crippen molar-refractivity contribution in [3.05, 3.63) is 69.2 Å². The van der Waals surface area contributed by atoms with Crippen molar-refractivity contribution in [1.82, 2.24) is 0 Å². The Bertz CT molecular complexity index is 578. The SMILES string of the molecule is Cc1ccc(F)cc1CC(O)c1cc(F)cc(Br)c1. The van der Waals surface area contributed by atoms with Crippen molar-refractivity contribution in [2.24, 2.45) is 0 Å². The lowest BCUT2D eigenvalue weighted by Crippen LogP contribution is -2.04. The molecule has 0 amide bonds. The van der Waals surface area contributed by atoms with Gasteiger partial charge in [-0.2, -0.15) is 0 Å². The molecule has 0 aliphatic carbocycles. The molecule has 2 aromatic rings. The summed E-state index contributed by atoms with van der Waals surface area (Å²) in [4.78, 5) is 0. The van der Waals surface area contributed by atoms with E-state index in [0.29, 0.717) is 15.6 Å². The van der Waals surface area contributed by atoms with E-state index < -0.39 is 11.9 Å². The van der Waals surface area contributed by atoms with Crippen LogP contribution in [-0.2, 0) is 6.42 Å². The van der Waals surface area contributed by atoms with Gasteiger partial charge in [-0.05, 0) is 53.9 Å². The van der Waals surface area contributed by atoms with Crippen LogP contribution in [0, 0.1) is 18.6 Å². The summed E-state index contributed by atoms with van der Waals surface area (Å²) in [5.41, 5.74) is 2.08. The summed E-state index contributed by atoms with van der Waals surface area (Å²) >= 11 is 3.18. The second-order valence-electron chi connectivity index (χ2n) is 4.49. The molecule has 100 valence electrons. The van der Waals surface area contributed by atoms with Crippen LogP contribution in [0.15, 0.2) is 40.9 Å². The third-order valence-electron chi connectivity index (χ3n) is 2.99. The van der Waals surface area contributed by atoms with Gasteiger partial charge < -0.3 is 5.11 Å². The largest absolute Gasteiger partial charge is 0.388 e. The van der Waals surface area contributed by atoms with Crippen molar-refractivity contribution in [2.75, 3.05) is 0 Å². The molecular weight excluding hydrogens is 314 g/mol. The van der Waals surface area contributed by atoms with Gasteiger partial charge in [-0.15, -0.1) is 0 Å². The Balaban J connectivity index is 2.25. The molecule has 0 bridgehead atoms. The van der Waals surface area contributed by atoms with Crippen molar-refractivity contribution in [1.29, 1.82) is 0 Å². The summed E-state index contributed by atoms with van der Waals surface area (Å²) in [6.07, 6.45) is -0.619. The number of hydrogen-bond acceptors (Lipinski definition) is 1. The average molecular weight is 327 g/mol. The normalized spacial score (nSPS) is 12.5. The Labute approximate surface area is 119 Å². The Morgan fingerprint density at radius 1 is 1.11 bits per heavy atom. The van der Waals surface area contributed by atoms with E-state index >= 15 is 0 Å². The van der Waals surface area contributed by atoms with Crippen LogP contribution in [0.3, 0.4) is 0 Å². The zero-order valence-corrected chi connectivity index (χ0v) is 11.9. The number of halogens is 3. The number of aliphatic hydroxyl groups excluding tert-OH is 1. The van der Waals surface area contributed by atoms with Crippen LogP contribution in [0.25, 0.3) is 0 Å². The molecule has 0 saturated heterocycles. The summed E-state index contributed by atoms with van der Waals surface area (Å²) in [6.45, 7) is 1.85. The quantitative estimate of drug-likeness (QED) is 0.891. The Hall–Kier alpha value is -1.26. The van der Waals surface area contributed by atoms with Gasteiger partial charge in [0, 0.05) is 10.9 Å². The first-order valence-electron chi connectivity index (χ1n) is 5.85.